The fourth-order valence-corrected chi connectivity index (χ4v) is 7.23. The number of methoxy groups -OCH3 is 5. The molecule has 2 aliphatic rings. The van der Waals surface area contributed by atoms with Crippen molar-refractivity contribution in [2.24, 2.45) is 0 Å². The molecule has 51 heavy (non-hydrogen) atoms. The van der Waals surface area contributed by atoms with Gasteiger partial charge in [-0.3, -0.25) is 9.88 Å². The van der Waals surface area contributed by atoms with E-state index in [1.807, 2.05) is 42.6 Å². The van der Waals surface area contributed by atoms with Crippen LogP contribution in [0.25, 0.3) is 17.0 Å². The van der Waals surface area contributed by atoms with E-state index in [0.29, 0.717) is 45.6 Å². The Bertz CT molecular complexity index is 1840. The lowest BCUT2D eigenvalue weighted by molar-refractivity contribution is 0.202. The smallest absolute Gasteiger partial charge is 0.141 e. The van der Waals surface area contributed by atoms with Crippen LogP contribution in [-0.4, -0.2) is 77.7 Å². The topological polar surface area (TPSA) is 77.6 Å². The van der Waals surface area contributed by atoms with Crippen LogP contribution in [0.4, 0.5) is 5.69 Å². The molecule has 4 aromatic rings. The molecular weight excluding hydrogens is 687 g/mol. The molecule has 0 bridgehead atoms. The third-order valence-corrected chi connectivity index (χ3v) is 10.2. The zero-order valence-corrected chi connectivity index (χ0v) is 31.2. The normalized spacial score (nSPS) is 15.0. The van der Waals surface area contributed by atoms with E-state index >= 15 is 0 Å². The van der Waals surface area contributed by atoms with E-state index in [4.69, 9.17) is 46.9 Å². The number of anilines is 1. The van der Waals surface area contributed by atoms with Gasteiger partial charge in [0.25, 0.3) is 0 Å². The molecule has 6 rings (SSSR count). The number of hydrogen-bond donors (Lipinski definition) is 1. The number of aromatic nitrogens is 1. The molecule has 11 heteroatoms. The number of likely N-dealkylation sites (tertiary alicyclic amines) is 1. The molecule has 0 amide bonds. The largest absolute Gasteiger partial charge is 0.497 e. The Morgan fingerprint density at radius 2 is 1.35 bits per heavy atom. The molecule has 9 nitrogen and oxygen atoms in total. The summed E-state index contributed by atoms with van der Waals surface area (Å²) in [5, 5.41) is 4.42. The number of dihydropyridines is 1. The molecule has 1 fully saturated rings. The van der Waals surface area contributed by atoms with Crippen LogP contribution in [0.15, 0.2) is 84.6 Å². The molecule has 2 aliphatic heterocycles. The number of benzene rings is 3. The van der Waals surface area contributed by atoms with Gasteiger partial charge < -0.3 is 33.9 Å². The summed E-state index contributed by atoms with van der Waals surface area (Å²) < 4.78 is 27.5. The van der Waals surface area contributed by atoms with Crippen LogP contribution in [0, 0.1) is 0 Å². The first-order chi connectivity index (χ1) is 24.8. The molecule has 1 N–H and O–H groups in total. The number of piperidine rings is 1. The van der Waals surface area contributed by atoms with Crippen molar-refractivity contribution in [2.45, 2.75) is 25.4 Å². The van der Waals surface area contributed by atoms with Gasteiger partial charge in [0.2, 0.25) is 0 Å². The van der Waals surface area contributed by atoms with E-state index in [-0.39, 0.29) is 0 Å². The fraction of sp³-hybridized carbons (Fsp3) is 0.325. The van der Waals surface area contributed by atoms with Crippen molar-refractivity contribution in [3.63, 3.8) is 0 Å². The first-order valence-corrected chi connectivity index (χ1v) is 17.7. The highest BCUT2D eigenvalue weighted by molar-refractivity contribution is 6.34. The zero-order valence-electron chi connectivity index (χ0n) is 29.7. The van der Waals surface area contributed by atoms with Crippen molar-refractivity contribution in [2.75, 3.05) is 66.6 Å². The van der Waals surface area contributed by atoms with Gasteiger partial charge in [0.15, 0.2) is 0 Å². The molecule has 3 aromatic carbocycles. The van der Waals surface area contributed by atoms with Crippen LogP contribution in [-0.2, 0) is 6.54 Å². The Kier molecular flexibility index (Phi) is 11.8. The van der Waals surface area contributed by atoms with E-state index in [2.05, 4.69) is 56.5 Å². The van der Waals surface area contributed by atoms with Gasteiger partial charge in [-0.2, -0.15) is 0 Å². The van der Waals surface area contributed by atoms with E-state index in [9.17, 15) is 0 Å². The van der Waals surface area contributed by atoms with Gasteiger partial charge in [-0.1, -0.05) is 29.3 Å². The van der Waals surface area contributed by atoms with Crippen molar-refractivity contribution in [1.29, 1.82) is 0 Å². The SMILES string of the molecule is COc1ccc(N(CC2=CCNC(c3cc(OC)c(Cl)c(OC)c3)=C2)C2CCN(Cc3ccnc(-c4cc(OC)c(Cl)c(OC)c4)c3)CC2)cc1. The summed E-state index contributed by atoms with van der Waals surface area (Å²) in [7, 11) is 8.12. The van der Waals surface area contributed by atoms with Gasteiger partial charge in [-0.25, -0.2) is 0 Å². The molecule has 0 aliphatic carbocycles. The highest BCUT2D eigenvalue weighted by Crippen LogP contribution is 2.39. The van der Waals surface area contributed by atoms with Crippen LogP contribution >= 0.6 is 23.2 Å². The summed E-state index contributed by atoms with van der Waals surface area (Å²) in [6, 6.07) is 20.7. The Morgan fingerprint density at radius 1 is 0.765 bits per heavy atom. The highest BCUT2D eigenvalue weighted by atomic mass is 35.5. The Labute approximate surface area is 310 Å². The zero-order chi connectivity index (χ0) is 35.9. The number of hydrogen-bond acceptors (Lipinski definition) is 9. The first kappa shape index (κ1) is 36.2. The first-order valence-electron chi connectivity index (χ1n) is 16.9. The van der Waals surface area contributed by atoms with Gasteiger partial charge in [0.05, 0.1) is 41.2 Å². The third-order valence-electron chi connectivity index (χ3n) is 9.47. The summed E-state index contributed by atoms with van der Waals surface area (Å²) in [5.41, 5.74) is 7.29. The molecular formula is C40H44Cl2N4O5. The molecule has 3 heterocycles. The Morgan fingerprint density at radius 3 is 1.92 bits per heavy atom. The average Bonchev–Trinajstić information content (AvgIpc) is 3.18. The lowest BCUT2D eigenvalue weighted by Gasteiger charge is -2.40. The number of nitrogens with zero attached hydrogens (tertiary/aromatic N) is 3. The van der Waals surface area contributed by atoms with Gasteiger partial charge in [0, 0.05) is 67.5 Å². The summed E-state index contributed by atoms with van der Waals surface area (Å²) in [6.07, 6.45) is 8.39. The molecule has 1 aromatic heterocycles. The molecule has 0 spiro atoms. The molecule has 0 radical (unpaired) electrons. The second-order valence-electron chi connectivity index (χ2n) is 12.5. The lowest BCUT2D eigenvalue weighted by Crippen LogP contribution is -2.45. The summed E-state index contributed by atoms with van der Waals surface area (Å²) in [6.45, 7) is 4.27. The van der Waals surface area contributed by atoms with Crippen molar-refractivity contribution in [3.05, 3.63) is 106 Å². The monoisotopic (exact) mass is 730 g/mol. The number of rotatable bonds is 13. The molecule has 268 valence electrons. The number of ether oxygens (including phenoxy) is 5. The van der Waals surface area contributed by atoms with Crippen LogP contribution in [0.5, 0.6) is 28.7 Å². The number of halogens is 2. The van der Waals surface area contributed by atoms with Gasteiger partial charge in [-0.15, -0.1) is 0 Å². The van der Waals surface area contributed by atoms with Gasteiger partial charge in [0.1, 0.15) is 38.8 Å². The second-order valence-corrected chi connectivity index (χ2v) is 13.2. The van der Waals surface area contributed by atoms with Crippen LogP contribution in [0.3, 0.4) is 0 Å². The van der Waals surface area contributed by atoms with Gasteiger partial charge >= 0.3 is 0 Å². The third kappa shape index (κ3) is 8.33. The molecule has 1 saturated heterocycles. The fourth-order valence-electron chi connectivity index (χ4n) is 6.70. The number of nitrogens with one attached hydrogen (secondary N) is 1. The van der Waals surface area contributed by atoms with Crippen LogP contribution < -0.4 is 33.9 Å². The van der Waals surface area contributed by atoms with Crippen molar-refractivity contribution < 1.29 is 23.7 Å². The maximum atomic E-state index is 6.47. The average molecular weight is 732 g/mol. The quantitative estimate of drug-likeness (QED) is 0.147. The predicted molar refractivity (Wildman–Crippen MR) is 205 cm³/mol. The van der Waals surface area contributed by atoms with Crippen LogP contribution in [0.2, 0.25) is 10.0 Å². The van der Waals surface area contributed by atoms with Crippen molar-refractivity contribution >= 4 is 34.6 Å². The summed E-state index contributed by atoms with van der Waals surface area (Å²) in [5.74, 6) is 3.10. The second kappa shape index (κ2) is 16.6. The summed E-state index contributed by atoms with van der Waals surface area (Å²) in [4.78, 5) is 9.70. The van der Waals surface area contributed by atoms with Crippen LogP contribution in [0.1, 0.15) is 24.0 Å². The minimum Gasteiger partial charge on any atom is -0.497 e. The minimum absolute atomic E-state index is 0.361. The minimum atomic E-state index is 0.361. The van der Waals surface area contributed by atoms with E-state index < -0.39 is 0 Å². The maximum Gasteiger partial charge on any atom is 0.141 e. The molecule has 0 unspecified atom stereocenters. The van der Waals surface area contributed by atoms with E-state index in [1.54, 1.807) is 35.5 Å². The number of pyridine rings is 1. The summed E-state index contributed by atoms with van der Waals surface area (Å²) >= 11 is 12.9. The Hall–Kier alpha value is -4.57. The van der Waals surface area contributed by atoms with E-state index in [0.717, 1.165) is 67.3 Å². The van der Waals surface area contributed by atoms with Crippen molar-refractivity contribution in [1.82, 2.24) is 15.2 Å². The van der Waals surface area contributed by atoms with E-state index in [1.165, 1.54) is 16.8 Å². The van der Waals surface area contributed by atoms with Gasteiger partial charge in [-0.05, 0) is 90.7 Å². The lowest BCUT2D eigenvalue weighted by atomic mass is 9.99. The highest BCUT2D eigenvalue weighted by Gasteiger charge is 2.27. The standard InChI is InChI=1S/C40H44Cl2N4O5/c1-47-32-8-6-30(7-9-32)46(25-27-11-15-44-34(19-27)29-22-37(50-4)40(42)38(23-29)51-5)31-12-16-45(17-13-31)24-26-10-14-43-33(18-26)28-20-35(48-2)39(41)36(21-28)49-3/h6-11,14,18-23,31,44H,12-13,15-17,24-25H2,1-5H3. The molecule has 0 saturated carbocycles. The predicted octanol–water partition coefficient (Wildman–Crippen LogP) is 8.14. The molecule has 0 atom stereocenters. The maximum absolute atomic E-state index is 6.47. The Balaban J connectivity index is 1.18. The van der Waals surface area contributed by atoms with Crippen molar-refractivity contribution in [3.8, 4) is 40.0 Å².